The molecule has 22 heavy (non-hydrogen) atoms. The topological polar surface area (TPSA) is 74.5 Å². The number of nitriles is 1. The number of hydrazone groups is 1. The summed E-state index contributed by atoms with van der Waals surface area (Å²) >= 11 is 0. The Kier molecular flexibility index (Phi) is 5.21. The highest BCUT2D eigenvalue weighted by molar-refractivity contribution is 5.83. The van der Waals surface area contributed by atoms with Crippen LogP contribution in [0, 0.1) is 17.1 Å². The van der Waals surface area contributed by atoms with Gasteiger partial charge >= 0.3 is 0 Å². The number of carbonyl (C=O) groups excluding carboxylic acids is 1. The summed E-state index contributed by atoms with van der Waals surface area (Å²) in [5, 5.41) is 12.3. The van der Waals surface area contributed by atoms with Crippen LogP contribution < -0.4 is 10.2 Å². The molecule has 0 atom stereocenters. The summed E-state index contributed by atoms with van der Waals surface area (Å²) in [6, 6.07) is 14.4. The van der Waals surface area contributed by atoms with Crippen LogP contribution in [0.4, 0.5) is 4.39 Å². The molecule has 110 valence electrons. The van der Waals surface area contributed by atoms with E-state index in [1.807, 2.05) is 6.07 Å². The monoisotopic (exact) mass is 297 g/mol. The van der Waals surface area contributed by atoms with E-state index in [4.69, 9.17) is 10.00 Å². The molecule has 0 heterocycles. The molecule has 0 unspecified atom stereocenters. The van der Waals surface area contributed by atoms with E-state index in [9.17, 15) is 9.18 Å². The van der Waals surface area contributed by atoms with Crippen LogP contribution in [0.25, 0.3) is 0 Å². The van der Waals surface area contributed by atoms with Crippen LogP contribution >= 0.6 is 0 Å². The van der Waals surface area contributed by atoms with Gasteiger partial charge in [0.2, 0.25) is 0 Å². The molecule has 0 saturated heterocycles. The number of ether oxygens (including phenoxy) is 1. The third-order valence-corrected chi connectivity index (χ3v) is 2.65. The zero-order valence-electron chi connectivity index (χ0n) is 11.5. The van der Waals surface area contributed by atoms with Crippen molar-refractivity contribution in [3.8, 4) is 11.8 Å². The Labute approximate surface area is 126 Å². The van der Waals surface area contributed by atoms with Crippen LogP contribution in [-0.4, -0.2) is 18.7 Å². The largest absolute Gasteiger partial charge is 0.484 e. The minimum Gasteiger partial charge on any atom is -0.484 e. The number of nitrogens with one attached hydrogen (secondary N) is 1. The fourth-order valence-electron chi connectivity index (χ4n) is 1.56. The quantitative estimate of drug-likeness (QED) is 0.679. The Hall–Kier alpha value is -3.20. The maximum atomic E-state index is 13.3. The van der Waals surface area contributed by atoms with Crippen molar-refractivity contribution >= 4 is 12.1 Å². The fourth-order valence-corrected chi connectivity index (χ4v) is 1.56. The highest BCUT2D eigenvalue weighted by atomic mass is 19.1. The summed E-state index contributed by atoms with van der Waals surface area (Å²) in [5.74, 6) is -0.432. The summed E-state index contributed by atoms with van der Waals surface area (Å²) in [4.78, 5) is 11.5. The summed E-state index contributed by atoms with van der Waals surface area (Å²) in [5.41, 5.74) is 3.02. The number of carbonyl (C=O) groups is 1. The van der Waals surface area contributed by atoms with Crippen LogP contribution in [-0.2, 0) is 4.79 Å². The second kappa shape index (κ2) is 7.55. The van der Waals surface area contributed by atoms with Gasteiger partial charge in [0.1, 0.15) is 11.6 Å². The van der Waals surface area contributed by atoms with E-state index in [-0.39, 0.29) is 12.2 Å². The lowest BCUT2D eigenvalue weighted by Crippen LogP contribution is -2.24. The molecule has 0 radical (unpaired) electrons. The van der Waals surface area contributed by atoms with Gasteiger partial charge in [-0.3, -0.25) is 4.79 Å². The molecule has 1 amide bonds. The molecule has 0 aliphatic carbocycles. The molecule has 2 aromatic rings. The lowest BCUT2D eigenvalue weighted by molar-refractivity contribution is -0.123. The zero-order valence-corrected chi connectivity index (χ0v) is 11.5. The molecular weight excluding hydrogens is 285 g/mol. The number of halogens is 1. The average molecular weight is 297 g/mol. The van der Waals surface area contributed by atoms with Gasteiger partial charge in [-0.1, -0.05) is 18.2 Å². The number of hydrogen-bond donors (Lipinski definition) is 1. The van der Waals surface area contributed by atoms with Crippen LogP contribution in [0.5, 0.6) is 5.75 Å². The van der Waals surface area contributed by atoms with Gasteiger partial charge in [0.15, 0.2) is 6.61 Å². The van der Waals surface area contributed by atoms with E-state index in [2.05, 4.69) is 10.5 Å². The number of benzene rings is 2. The van der Waals surface area contributed by atoms with Gasteiger partial charge < -0.3 is 4.74 Å². The van der Waals surface area contributed by atoms with Crippen molar-refractivity contribution in [2.24, 2.45) is 5.10 Å². The SMILES string of the molecule is N#Cc1ccc(OCC(=O)NN=Cc2ccccc2F)cc1. The van der Waals surface area contributed by atoms with Gasteiger partial charge in [-0.05, 0) is 30.3 Å². The van der Waals surface area contributed by atoms with Crippen LogP contribution in [0.1, 0.15) is 11.1 Å². The smallest absolute Gasteiger partial charge is 0.277 e. The third kappa shape index (κ3) is 4.42. The van der Waals surface area contributed by atoms with Crippen LogP contribution in [0.15, 0.2) is 53.6 Å². The van der Waals surface area contributed by atoms with Gasteiger partial charge in [-0.25, -0.2) is 9.82 Å². The van der Waals surface area contributed by atoms with E-state index >= 15 is 0 Å². The Balaban J connectivity index is 1.80. The van der Waals surface area contributed by atoms with E-state index in [1.54, 1.807) is 36.4 Å². The first-order valence-electron chi connectivity index (χ1n) is 6.38. The van der Waals surface area contributed by atoms with Crippen molar-refractivity contribution in [2.45, 2.75) is 0 Å². The van der Waals surface area contributed by atoms with Gasteiger partial charge in [0.25, 0.3) is 5.91 Å². The molecule has 0 aliphatic rings. The van der Waals surface area contributed by atoms with Gasteiger partial charge in [0.05, 0.1) is 17.8 Å². The van der Waals surface area contributed by atoms with E-state index in [0.29, 0.717) is 11.3 Å². The van der Waals surface area contributed by atoms with Crippen molar-refractivity contribution in [3.63, 3.8) is 0 Å². The lowest BCUT2D eigenvalue weighted by atomic mass is 10.2. The van der Waals surface area contributed by atoms with E-state index in [1.165, 1.54) is 18.3 Å². The van der Waals surface area contributed by atoms with Gasteiger partial charge in [-0.2, -0.15) is 10.4 Å². The molecule has 0 bridgehead atoms. The summed E-state index contributed by atoms with van der Waals surface area (Å²) in [7, 11) is 0. The van der Waals surface area contributed by atoms with Crippen molar-refractivity contribution in [1.82, 2.24) is 5.43 Å². The van der Waals surface area contributed by atoms with E-state index < -0.39 is 11.7 Å². The Bertz CT molecular complexity index is 721. The van der Waals surface area contributed by atoms with Crippen molar-refractivity contribution in [1.29, 1.82) is 5.26 Å². The van der Waals surface area contributed by atoms with Crippen LogP contribution in [0.2, 0.25) is 0 Å². The summed E-state index contributed by atoms with van der Waals surface area (Å²) in [6.07, 6.45) is 1.22. The first-order chi connectivity index (χ1) is 10.7. The van der Waals surface area contributed by atoms with E-state index in [0.717, 1.165) is 0 Å². The maximum Gasteiger partial charge on any atom is 0.277 e. The minimum absolute atomic E-state index is 0.236. The normalized spacial score (nSPS) is 10.2. The number of nitrogens with zero attached hydrogens (tertiary/aromatic N) is 2. The minimum atomic E-state index is -0.475. The first-order valence-corrected chi connectivity index (χ1v) is 6.38. The molecule has 5 nitrogen and oxygen atoms in total. The Morgan fingerprint density at radius 2 is 2.00 bits per heavy atom. The third-order valence-electron chi connectivity index (χ3n) is 2.65. The molecule has 2 aromatic carbocycles. The first kappa shape index (κ1) is 15.2. The molecule has 6 heteroatoms. The second-order valence-electron chi connectivity index (χ2n) is 4.24. The van der Waals surface area contributed by atoms with Crippen molar-refractivity contribution < 1.29 is 13.9 Å². The summed E-state index contributed by atoms with van der Waals surface area (Å²) < 4.78 is 18.5. The van der Waals surface area contributed by atoms with Crippen molar-refractivity contribution in [3.05, 3.63) is 65.5 Å². The lowest BCUT2D eigenvalue weighted by Gasteiger charge is -2.04. The van der Waals surface area contributed by atoms with Gasteiger partial charge in [0, 0.05) is 5.56 Å². The fraction of sp³-hybridized carbons (Fsp3) is 0.0625. The average Bonchev–Trinajstić information content (AvgIpc) is 2.55. The highest BCUT2D eigenvalue weighted by Gasteiger charge is 2.02. The maximum absolute atomic E-state index is 13.3. The highest BCUT2D eigenvalue weighted by Crippen LogP contribution is 2.11. The molecule has 0 spiro atoms. The molecule has 0 saturated carbocycles. The molecule has 0 aromatic heterocycles. The molecule has 0 fully saturated rings. The van der Waals surface area contributed by atoms with Crippen molar-refractivity contribution in [2.75, 3.05) is 6.61 Å². The standard InChI is InChI=1S/C16H12FN3O2/c17-15-4-2-1-3-13(15)10-19-20-16(21)11-22-14-7-5-12(9-18)6-8-14/h1-8,10H,11H2,(H,20,21). The zero-order chi connectivity index (χ0) is 15.8. The van der Waals surface area contributed by atoms with Gasteiger partial charge in [-0.15, -0.1) is 0 Å². The summed E-state index contributed by atoms with van der Waals surface area (Å²) in [6.45, 7) is -0.236. The predicted octanol–water partition coefficient (Wildman–Crippen LogP) is 2.23. The second-order valence-corrected chi connectivity index (χ2v) is 4.24. The predicted molar refractivity (Wildman–Crippen MR) is 78.8 cm³/mol. The number of amides is 1. The molecular formula is C16H12FN3O2. The molecule has 0 aliphatic heterocycles. The molecule has 1 N–H and O–H groups in total. The van der Waals surface area contributed by atoms with Crippen LogP contribution in [0.3, 0.4) is 0 Å². The molecule has 2 rings (SSSR count). The Morgan fingerprint density at radius 3 is 2.68 bits per heavy atom. The number of rotatable bonds is 5. The Morgan fingerprint density at radius 1 is 1.27 bits per heavy atom. The number of hydrogen-bond acceptors (Lipinski definition) is 4.